The Labute approximate surface area is 122 Å². The third kappa shape index (κ3) is 4.14. The van der Waals surface area contributed by atoms with Crippen molar-refractivity contribution < 1.29 is 9.72 Å². The van der Waals surface area contributed by atoms with Crippen molar-refractivity contribution >= 4 is 11.6 Å². The molecule has 0 aromatic carbocycles. The van der Waals surface area contributed by atoms with Crippen molar-refractivity contribution in [2.24, 2.45) is 0 Å². The molecule has 0 atom stereocenters. The van der Waals surface area contributed by atoms with Crippen LogP contribution in [0.4, 0.5) is 5.69 Å². The summed E-state index contributed by atoms with van der Waals surface area (Å²) in [5, 5.41) is 13.6. The van der Waals surface area contributed by atoms with Crippen molar-refractivity contribution in [1.82, 2.24) is 9.88 Å². The molecule has 1 fully saturated rings. The predicted octanol–water partition coefficient (Wildman–Crippen LogP) is 1.60. The second-order valence-electron chi connectivity index (χ2n) is 5.34. The maximum atomic E-state index is 12.0. The zero-order valence-electron chi connectivity index (χ0n) is 11.8. The van der Waals surface area contributed by atoms with Crippen LogP contribution in [0.25, 0.3) is 0 Å². The minimum Gasteiger partial charge on any atom is -0.352 e. The molecule has 0 spiro atoms. The molecule has 1 aromatic rings. The first-order valence-corrected chi connectivity index (χ1v) is 7.21. The van der Waals surface area contributed by atoms with Crippen LogP contribution < -0.4 is 10.9 Å². The lowest BCUT2D eigenvalue weighted by Crippen LogP contribution is -2.38. The molecule has 0 radical (unpaired) electrons. The zero-order chi connectivity index (χ0) is 15.2. The van der Waals surface area contributed by atoms with Gasteiger partial charge in [0.15, 0.2) is 0 Å². The van der Waals surface area contributed by atoms with E-state index in [1.54, 1.807) is 0 Å². The molecule has 0 saturated heterocycles. The minimum absolute atomic E-state index is 0.148. The van der Waals surface area contributed by atoms with Crippen molar-refractivity contribution in [3.05, 3.63) is 38.8 Å². The molecule has 1 amide bonds. The van der Waals surface area contributed by atoms with E-state index in [2.05, 4.69) is 5.32 Å². The number of nitro groups is 1. The summed E-state index contributed by atoms with van der Waals surface area (Å²) >= 11 is 0. The molecule has 114 valence electrons. The molecule has 1 aromatic heterocycles. The standard InChI is InChI=1S/C14H19N3O4/c18-13(15-11-6-3-1-2-4-7-11)10-16-9-5-8-12(14(16)19)17(20)21/h5,8-9,11H,1-4,6-7,10H2,(H,15,18). The first-order chi connectivity index (χ1) is 10.1. The van der Waals surface area contributed by atoms with Crippen LogP contribution in [-0.2, 0) is 11.3 Å². The van der Waals surface area contributed by atoms with Crippen LogP contribution >= 0.6 is 0 Å². The highest BCUT2D eigenvalue weighted by atomic mass is 16.6. The van der Waals surface area contributed by atoms with Crippen LogP contribution in [0.1, 0.15) is 38.5 Å². The van der Waals surface area contributed by atoms with Crippen LogP contribution in [0, 0.1) is 10.1 Å². The molecule has 1 aliphatic rings. The number of aromatic nitrogens is 1. The molecule has 7 nitrogen and oxygen atoms in total. The molecule has 0 aliphatic heterocycles. The highest BCUT2D eigenvalue weighted by Gasteiger charge is 2.17. The normalized spacial score (nSPS) is 16.2. The number of hydrogen-bond acceptors (Lipinski definition) is 4. The number of carbonyl (C=O) groups is 1. The number of pyridine rings is 1. The minimum atomic E-state index is -0.751. The van der Waals surface area contributed by atoms with Gasteiger partial charge in [-0.3, -0.25) is 19.7 Å². The lowest BCUT2D eigenvalue weighted by molar-refractivity contribution is -0.386. The van der Waals surface area contributed by atoms with Gasteiger partial charge in [0.1, 0.15) is 6.54 Å². The van der Waals surface area contributed by atoms with Gasteiger partial charge in [-0.05, 0) is 18.9 Å². The second kappa shape index (κ2) is 7.01. The van der Waals surface area contributed by atoms with Gasteiger partial charge in [0.25, 0.3) is 0 Å². The van der Waals surface area contributed by atoms with E-state index in [9.17, 15) is 19.7 Å². The molecule has 7 heteroatoms. The lowest BCUT2D eigenvalue weighted by atomic mass is 10.1. The molecule has 21 heavy (non-hydrogen) atoms. The Morgan fingerprint density at radius 2 is 2.00 bits per heavy atom. The van der Waals surface area contributed by atoms with Crippen LogP contribution in [0.15, 0.2) is 23.1 Å². The number of hydrogen-bond donors (Lipinski definition) is 1. The van der Waals surface area contributed by atoms with Crippen molar-refractivity contribution in [2.45, 2.75) is 51.1 Å². The van der Waals surface area contributed by atoms with Gasteiger partial charge in [0.2, 0.25) is 5.91 Å². The third-order valence-electron chi connectivity index (χ3n) is 3.73. The average Bonchev–Trinajstić information content (AvgIpc) is 2.69. The molecule has 0 bridgehead atoms. The molecular weight excluding hydrogens is 274 g/mol. The maximum absolute atomic E-state index is 12.0. The van der Waals surface area contributed by atoms with Crippen LogP contribution in [-0.4, -0.2) is 21.4 Å². The number of carbonyl (C=O) groups excluding carboxylic acids is 1. The van der Waals surface area contributed by atoms with Gasteiger partial charge in [-0.15, -0.1) is 0 Å². The van der Waals surface area contributed by atoms with Gasteiger partial charge in [-0.2, -0.15) is 0 Å². The quantitative estimate of drug-likeness (QED) is 0.518. The van der Waals surface area contributed by atoms with Gasteiger partial charge in [0.05, 0.1) is 4.92 Å². The molecule has 2 rings (SSSR count). The summed E-state index contributed by atoms with van der Waals surface area (Å²) in [6, 6.07) is 2.69. The van der Waals surface area contributed by atoms with E-state index in [-0.39, 0.29) is 18.5 Å². The van der Waals surface area contributed by atoms with Crippen molar-refractivity contribution in [3.8, 4) is 0 Å². The number of amides is 1. The van der Waals surface area contributed by atoms with E-state index in [1.165, 1.54) is 25.1 Å². The summed E-state index contributed by atoms with van der Waals surface area (Å²) in [5.74, 6) is -0.274. The molecule has 1 heterocycles. The second-order valence-corrected chi connectivity index (χ2v) is 5.34. The van der Waals surface area contributed by atoms with Gasteiger partial charge >= 0.3 is 11.2 Å². The molecule has 0 unspecified atom stereocenters. The fourth-order valence-corrected chi connectivity index (χ4v) is 2.64. The van der Waals surface area contributed by atoms with Gasteiger partial charge in [0, 0.05) is 18.3 Å². The summed E-state index contributed by atoms with van der Waals surface area (Å²) in [6.45, 7) is -0.184. The van der Waals surface area contributed by atoms with Crippen LogP contribution in [0.5, 0.6) is 0 Å². The topological polar surface area (TPSA) is 94.2 Å². The van der Waals surface area contributed by atoms with E-state index in [1.807, 2.05) is 0 Å². The van der Waals surface area contributed by atoms with Crippen molar-refractivity contribution in [2.75, 3.05) is 0 Å². The molecule has 1 N–H and O–H groups in total. The van der Waals surface area contributed by atoms with E-state index in [0.29, 0.717) is 0 Å². The van der Waals surface area contributed by atoms with Gasteiger partial charge < -0.3 is 9.88 Å². The summed E-state index contributed by atoms with van der Waals surface area (Å²) in [4.78, 5) is 33.8. The van der Waals surface area contributed by atoms with Crippen molar-refractivity contribution in [3.63, 3.8) is 0 Å². The fourth-order valence-electron chi connectivity index (χ4n) is 2.64. The first kappa shape index (κ1) is 15.2. The van der Waals surface area contributed by atoms with E-state index in [0.717, 1.165) is 36.3 Å². The SMILES string of the molecule is O=C(Cn1cccc([N+](=O)[O-])c1=O)NC1CCCCCC1. The van der Waals surface area contributed by atoms with E-state index < -0.39 is 16.2 Å². The predicted molar refractivity (Wildman–Crippen MR) is 77.0 cm³/mol. The molecule has 1 aliphatic carbocycles. The summed E-state index contributed by atoms with van der Waals surface area (Å²) in [5.41, 5.74) is -1.27. The number of rotatable bonds is 4. The van der Waals surface area contributed by atoms with Gasteiger partial charge in [-0.25, -0.2) is 0 Å². The van der Waals surface area contributed by atoms with E-state index in [4.69, 9.17) is 0 Å². The monoisotopic (exact) mass is 293 g/mol. The Morgan fingerprint density at radius 1 is 1.33 bits per heavy atom. The molecule has 1 saturated carbocycles. The summed E-state index contributed by atoms with van der Waals surface area (Å²) < 4.78 is 1.07. The smallest absolute Gasteiger partial charge is 0.334 e. The number of nitrogens with one attached hydrogen (secondary N) is 1. The van der Waals surface area contributed by atoms with Crippen LogP contribution in [0.3, 0.4) is 0 Å². The van der Waals surface area contributed by atoms with Gasteiger partial charge in [-0.1, -0.05) is 25.7 Å². The Balaban J connectivity index is 2.01. The van der Waals surface area contributed by atoms with E-state index >= 15 is 0 Å². The van der Waals surface area contributed by atoms with Crippen molar-refractivity contribution in [1.29, 1.82) is 0 Å². The molecular formula is C14H19N3O4. The Bertz CT molecular complexity index is 574. The first-order valence-electron chi connectivity index (χ1n) is 7.21. The Morgan fingerprint density at radius 3 is 2.62 bits per heavy atom. The number of nitrogens with zero attached hydrogens (tertiary/aromatic N) is 2. The largest absolute Gasteiger partial charge is 0.352 e. The van der Waals surface area contributed by atoms with Crippen LogP contribution in [0.2, 0.25) is 0 Å². The Hall–Kier alpha value is -2.18. The highest BCUT2D eigenvalue weighted by molar-refractivity contribution is 5.76. The summed E-state index contributed by atoms with van der Waals surface area (Å²) in [7, 11) is 0. The zero-order valence-corrected chi connectivity index (χ0v) is 11.8. The Kier molecular flexibility index (Phi) is 5.08. The summed E-state index contributed by atoms with van der Waals surface area (Å²) in [6.07, 6.45) is 7.88. The third-order valence-corrected chi connectivity index (χ3v) is 3.73. The lowest BCUT2D eigenvalue weighted by Gasteiger charge is -2.16. The highest BCUT2D eigenvalue weighted by Crippen LogP contribution is 2.17. The fraction of sp³-hybridized carbons (Fsp3) is 0.571. The maximum Gasteiger partial charge on any atom is 0.334 e. The average molecular weight is 293 g/mol.